The summed E-state index contributed by atoms with van der Waals surface area (Å²) < 4.78 is 40.5. The van der Waals surface area contributed by atoms with Crippen LogP contribution < -0.4 is 4.74 Å². The van der Waals surface area contributed by atoms with E-state index in [2.05, 4.69) is 25.5 Å². The molecule has 1 fully saturated rings. The van der Waals surface area contributed by atoms with E-state index in [1.807, 2.05) is 0 Å². The summed E-state index contributed by atoms with van der Waals surface area (Å²) in [6.07, 6.45) is 5.46. The molecule has 206 valence electrons. The molecule has 0 radical (unpaired) electrons. The molecule has 6 rings (SSSR count). The van der Waals surface area contributed by atoms with Gasteiger partial charge in [0.15, 0.2) is 5.82 Å². The van der Waals surface area contributed by atoms with Gasteiger partial charge >= 0.3 is 5.97 Å². The average Bonchev–Trinajstić information content (AvgIpc) is 3.26. The third-order valence-electron chi connectivity index (χ3n) is 7.22. The maximum absolute atomic E-state index is 13.9. The number of rotatable bonds is 9. The summed E-state index contributed by atoms with van der Waals surface area (Å²) >= 11 is 0. The van der Waals surface area contributed by atoms with Crippen molar-refractivity contribution in [2.24, 2.45) is 0 Å². The minimum atomic E-state index is -0.968. The Morgan fingerprint density at radius 3 is 2.75 bits per heavy atom. The molecule has 0 amide bonds. The molecule has 2 aromatic heterocycles. The van der Waals surface area contributed by atoms with Crippen molar-refractivity contribution >= 4 is 22.6 Å². The van der Waals surface area contributed by atoms with Gasteiger partial charge in [0.2, 0.25) is 5.88 Å². The Kier molecular flexibility index (Phi) is 7.23. The number of benzene rings is 2. The maximum atomic E-state index is 13.9. The number of ether oxygens (including phenoxy) is 2. The van der Waals surface area contributed by atoms with Crippen molar-refractivity contribution in [1.82, 2.24) is 24.4 Å². The van der Waals surface area contributed by atoms with Crippen LogP contribution in [0, 0.1) is 11.6 Å². The molecular weight excluding hydrogens is 520 g/mol. The van der Waals surface area contributed by atoms with Gasteiger partial charge in [-0.05, 0) is 48.7 Å². The second kappa shape index (κ2) is 11.1. The molecule has 0 unspecified atom stereocenters. The first-order valence-corrected chi connectivity index (χ1v) is 13.1. The van der Waals surface area contributed by atoms with Crippen LogP contribution in [-0.4, -0.2) is 61.3 Å². The molecule has 1 N–H and O–H groups in total. The van der Waals surface area contributed by atoms with Crippen LogP contribution in [0.15, 0.2) is 54.7 Å². The number of fused-ring (bicyclic) bond motifs is 1. The van der Waals surface area contributed by atoms with Crippen LogP contribution in [-0.2, 0) is 24.4 Å². The van der Waals surface area contributed by atoms with E-state index in [4.69, 9.17) is 14.5 Å². The van der Waals surface area contributed by atoms with E-state index in [1.54, 1.807) is 30.5 Å². The lowest BCUT2D eigenvalue weighted by Crippen LogP contribution is -2.33. The molecule has 0 bridgehead atoms. The minimum absolute atomic E-state index is 0.0732. The molecule has 0 saturated carbocycles. The fraction of sp³-hybridized carbons (Fsp3) is 0.310. The van der Waals surface area contributed by atoms with Gasteiger partial charge < -0.3 is 19.1 Å². The van der Waals surface area contributed by atoms with Gasteiger partial charge in [0, 0.05) is 43.6 Å². The third kappa shape index (κ3) is 5.56. The van der Waals surface area contributed by atoms with E-state index in [9.17, 15) is 18.7 Å². The Morgan fingerprint density at radius 2 is 2.02 bits per heavy atom. The fourth-order valence-corrected chi connectivity index (χ4v) is 4.89. The summed E-state index contributed by atoms with van der Waals surface area (Å²) in [5.74, 6) is -0.549. The van der Waals surface area contributed by atoms with E-state index < -0.39 is 17.6 Å². The van der Waals surface area contributed by atoms with Gasteiger partial charge in [-0.1, -0.05) is 6.08 Å². The van der Waals surface area contributed by atoms with Crippen molar-refractivity contribution in [2.45, 2.75) is 38.6 Å². The number of hydrogen-bond donors (Lipinski definition) is 1. The van der Waals surface area contributed by atoms with E-state index in [1.165, 1.54) is 12.1 Å². The van der Waals surface area contributed by atoms with Gasteiger partial charge in [-0.15, -0.1) is 0 Å². The second-order valence-corrected chi connectivity index (χ2v) is 9.89. The number of hydrogen-bond acceptors (Lipinski definition) is 7. The molecule has 4 heterocycles. The van der Waals surface area contributed by atoms with Crippen LogP contribution in [0.5, 0.6) is 5.88 Å². The molecule has 2 aromatic carbocycles. The number of aromatic carboxylic acids is 1. The lowest BCUT2D eigenvalue weighted by molar-refractivity contribution is -0.0591. The Balaban J connectivity index is 1.15. The quantitative estimate of drug-likeness (QED) is 0.328. The van der Waals surface area contributed by atoms with E-state index >= 15 is 0 Å². The van der Waals surface area contributed by atoms with Crippen LogP contribution in [0.3, 0.4) is 0 Å². The molecule has 0 aliphatic carbocycles. The summed E-state index contributed by atoms with van der Waals surface area (Å²) in [5, 5.41) is 9.47. The molecule has 9 nitrogen and oxygen atoms in total. The van der Waals surface area contributed by atoms with Crippen molar-refractivity contribution < 1.29 is 28.2 Å². The normalized spacial score (nSPS) is 17.4. The van der Waals surface area contributed by atoms with E-state index in [0.717, 1.165) is 48.1 Å². The molecular formula is C29H27F2N5O4. The van der Waals surface area contributed by atoms with E-state index in [0.29, 0.717) is 37.8 Å². The summed E-state index contributed by atoms with van der Waals surface area (Å²) in [5.41, 5.74) is 3.01. The first-order valence-electron chi connectivity index (χ1n) is 13.1. The molecule has 4 aromatic rings. The fourth-order valence-electron chi connectivity index (χ4n) is 4.89. The van der Waals surface area contributed by atoms with Crippen molar-refractivity contribution in [1.29, 1.82) is 0 Å². The standard InChI is InChI=1S/C29H27F2N5O4/c30-21-3-1-20(23(31)14-21)17-40-27-5-9-32-28(34-27)18-6-10-35(11-7-18)16-26-33-24-4-2-19(29(37)38)13-25(24)36(26)15-22-8-12-39-22/h1-6,9,13-14,22H,7-8,10-12,15-17H2,(H,37,38)/t22-/m0/s1. The molecule has 2 aliphatic heterocycles. The number of aromatic nitrogens is 4. The van der Waals surface area contributed by atoms with E-state index in [-0.39, 0.29) is 23.8 Å². The SMILES string of the molecule is O=C(O)c1ccc2nc(CN3CC=C(c4nccc(OCc5ccc(F)cc5F)n4)CC3)n(C[C@@H]3CCO3)c2c1. The highest BCUT2D eigenvalue weighted by Gasteiger charge is 2.24. The number of carbonyl (C=O) groups is 1. The van der Waals surface area contributed by atoms with Gasteiger partial charge in [-0.3, -0.25) is 4.90 Å². The maximum Gasteiger partial charge on any atom is 0.335 e. The van der Waals surface area contributed by atoms with Crippen LogP contribution >= 0.6 is 0 Å². The van der Waals surface area contributed by atoms with Crippen molar-refractivity contribution in [2.75, 3.05) is 19.7 Å². The summed E-state index contributed by atoms with van der Waals surface area (Å²) in [4.78, 5) is 27.5. The molecule has 2 aliphatic rings. The number of imidazole rings is 1. The monoisotopic (exact) mass is 547 g/mol. The molecule has 1 saturated heterocycles. The molecule has 0 spiro atoms. The summed E-state index contributed by atoms with van der Waals surface area (Å²) in [7, 11) is 0. The zero-order valence-electron chi connectivity index (χ0n) is 21.6. The zero-order chi connectivity index (χ0) is 27.6. The van der Waals surface area contributed by atoms with Crippen molar-refractivity contribution in [3.63, 3.8) is 0 Å². The minimum Gasteiger partial charge on any atom is -0.478 e. The number of carboxylic acids is 1. The molecule has 40 heavy (non-hydrogen) atoms. The van der Waals surface area contributed by atoms with Gasteiger partial charge in [0.05, 0.1) is 35.8 Å². The first-order chi connectivity index (χ1) is 19.4. The first kappa shape index (κ1) is 26.0. The highest BCUT2D eigenvalue weighted by Crippen LogP contribution is 2.26. The highest BCUT2D eigenvalue weighted by molar-refractivity contribution is 5.92. The highest BCUT2D eigenvalue weighted by atomic mass is 19.1. The summed E-state index contributed by atoms with van der Waals surface area (Å²) in [6, 6.07) is 9.98. The van der Waals surface area contributed by atoms with Crippen LogP contribution in [0.1, 0.15) is 40.4 Å². The second-order valence-electron chi connectivity index (χ2n) is 9.89. The topological polar surface area (TPSA) is 103 Å². The molecule has 1 atom stereocenters. The zero-order valence-corrected chi connectivity index (χ0v) is 21.6. The average molecular weight is 548 g/mol. The Bertz CT molecular complexity index is 1600. The number of carboxylic acid groups (broad SMARTS) is 1. The van der Waals surface area contributed by atoms with Gasteiger partial charge in [-0.2, -0.15) is 4.98 Å². The largest absolute Gasteiger partial charge is 0.478 e. The van der Waals surface area contributed by atoms with Gasteiger partial charge in [0.1, 0.15) is 24.1 Å². The number of nitrogens with zero attached hydrogens (tertiary/aromatic N) is 5. The smallest absolute Gasteiger partial charge is 0.335 e. The van der Waals surface area contributed by atoms with Gasteiger partial charge in [0.25, 0.3) is 0 Å². The van der Waals surface area contributed by atoms with Crippen LogP contribution in [0.2, 0.25) is 0 Å². The predicted octanol–water partition coefficient (Wildman–Crippen LogP) is 4.46. The number of halogens is 2. The lowest BCUT2D eigenvalue weighted by Gasteiger charge is -2.29. The predicted molar refractivity (Wildman–Crippen MR) is 142 cm³/mol. The summed E-state index contributed by atoms with van der Waals surface area (Å²) in [6.45, 7) is 3.31. The van der Waals surface area contributed by atoms with Gasteiger partial charge in [-0.25, -0.2) is 23.5 Å². The third-order valence-corrected chi connectivity index (χ3v) is 7.22. The lowest BCUT2D eigenvalue weighted by atomic mass is 10.1. The Morgan fingerprint density at radius 1 is 1.15 bits per heavy atom. The molecule has 11 heteroatoms. The Hall–Kier alpha value is -4.22. The van der Waals surface area contributed by atoms with Crippen LogP contribution in [0.4, 0.5) is 8.78 Å². The van der Waals surface area contributed by atoms with Crippen molar-refractivity contribution in [3.05, 3.63) is 89.1 Å². The van der Waals surface area contributed by atoms with Crippen molar-refractivity contribution in [3.8, 4) is 5.88 Å². The Labute approximate surface area is 228 Å². The van der Waals surface area contributed by atoms with Crippen LogP contribution in [0.25, 0.3) is 16.6 Å².